The summed E-state index contributed by atoms with van der Waals surface area (Å²) in [5, 5.41) is 6.46. The molecule has 102 valence electrons. The third-order valence-corrected chi connectivity index (χ3v) is 4.43. The predicted molar refractivity (Wildman–Crippen MR) is 77.4 cm³/mol. The second kappa shape index (κ2) is 5.67. The third kappa shape index (κ3) is 2.77. The Morgan fingerprint density at radius 3 is 2.84 bits per heavy atom. The maximum Gasteiger partial charge on any atom is 0.261 e. The predicted octanol–water partition coefficient (Wildman–Crippen LogP) is 2.69. The minimum Gasteiger partial charge on any atom is -0.350 e. The summed E-state index contributed by atoms with van der Waals surface area (Å²) in [5.41, 5.74) is 0.715. The zero-order valence-electron chi connectivity index (χ0n) is 11.2. The van der Waals surface area contributed by atoms with Crippen molar-refractivity contribution in [3.63, 3.8) is 0 Å². The summed E-state index contributed by atoms with van der Waals surface area (Å²) in [4.78, 5) is 12.7. The van der Waals surface area contributed by atoms with Crippen LogP contribution in [0.1, 0.15) is 22.2 Å². The van der Waals surface area contributed by atoms with Crippen LogP contribution in [0.5, 0.6) is 0 Å². The maximum absolute atomic E-state index is 13.8. The Bertz CT molecular complexity index is 609. The number of carbonyl (C=O) groups excluding carboxylic acids is 1. The number of aryl methyl sites for hydroxylation is 1. The molecule has 5 heteroatoms. The number of thiophene rings is 1. The van der Waals surface area contributed by atoms with Crippen LogP contribution in [0.25, 0.3) is 10.1 Å². The van der Waals surface area contributed by atoms with Crippen LogP contribution in [0.4, 0.5) is 4.39 Å². The molecule has 19 heavy (non-hydrogen) atoms. The zero-order valence-corrected chi connectivity index (χ0v) is 12.0. The number of amides is 1. The van der Waals surface area contributed by atoms with Crippen molar-refractivity contribution in [2.75, 3.05) is 13.6 Å². The molecule has 0 fully saturated rings. The molecule has 1 aromatic carbocycles. The molecule has 0 spiro atoms. The van der Waals surface area contributed by atoms with Gasteiger partial charge in [-0.3, -0.25) is 4.79 Å². The van der Waals surface area contributed by atoms with Crippen LogP contribution in [0.3, 0.4) is 0 Å². The number of fused-ring (bicyclic) bond motifs is 1. The Morgan fingerprint density at radius 1 is 1.47 bits per heavy atom. The van der Waals surface area contributed by atoms with Crippen LogP contribution in [-0.4, -0.2) is 25.5 Å². The minimum absolute atomic E-state index is 0.139. The summed E-state index contributed by atoms with van der Waals surface area (Å²) in [6.45, 7) is 4.32. The molecule has 0 radical (unpaired) electrons. The second-order valence-corrected chi connectivity index (χ2v) is 5.62. The van der Waals surface area contributed by atoms with Crippen LogP contribution < -0.4 is 10.6 Å². The lowest BCUT2D eigenvalue weighted by Gasteiger charge is -2.10. The molecule has 0 aliphatic rings. The van der Waals surface area contributed by atoms with Crippen molar-refractivity contribution in [3.8, 4) is 0 Å². The van der Waals surface area contributed by atoms with Gasteiger partial charge in [-0.15, -0.1) is 11.3 Å². The molecular formula is C14H17FN2OS. The highest BCUT2D eigenvalue weighted by atomic mass is 32.1. The Morgan fingerprint density at radius 2 is 2.21 bits per heavy atom. The highest BCUT2D eigenvalue weighted by Crippen LogP contribution is 2.32. The normalized spacial score (nSPS) is 12.6. The highest BCUT2D eigenvalue weighted by Gasteiger charge is 2.17. The van der Waals surface area contributed by atoms with E-state index in [9.17, 15) is 9.18 Å². The van der Waals surface area contributed by atoms with Gasteiger partial charge in [0.15, 0.2) is 0 Å². The first-order valence-electron chi connectivity index (χ1n) is 6.17. The van der Waals surface area contributed by atoms with Crippen LogP contribution >= 0.6 is 11.3 Å². The van der Waals surface area contributed by atoms with Crippen molar-refractivity contribution < 1.29 is 9.18 Å². The number of carbonyl (C=O) groups is 1. The molecule has 1 heterocycles. The summed E-state index contributed by atoms with van der Waals surface area (Å²) in [5.74, 6) is -0.408. The second-order valence-electron chi connectivity index (χ2n) is 4.57. The van der Waals surface area contributed by atoms with Gasteiger partial charge in [0.1, 0.15) is 5.82 Å². The fourth-order valence-corrected chi connectivity index (χ4v) is 3.04. The van der Waals surface area contributed by atoms with E-state index in [1.165, 1.54) is 17.4 Å². The van der Waals surface area contributed by atoms with Gasteiger partial charge in [-0.2, -0.15) is 0 Å². The average Bonchev–Trinajstić information content (AvgIpc) is 2.74. The molecule has 2 rings (SSSR count). The molecule has 0 saturated carbocycles. The van der Waals surface area contributed by atoms with Gasteiger partial charge < -0.3 is 10.6 Å². The van der Waals surface area contributed by atoms with E-state index in [4.69, 9.17) is 0 Å². The van der Waals surface area contributed by atoms with Gasteiger partial charge in [-0.25, -0.2) is 4.39 Å². The number of nitrogens with one attached hydrogen (secondary N) is 2. The molecule has 2 N–H and O–H groups in total. The van der Waals surface area contributed by atoms with Crippen molar-refractivity contribution >= 4 is 27.3 Å². The quantitative estimate of drug-likeness (QED) is 0.904. The number of halogens is 1. The van der Waals surface area contributed by atoms with Crippen molar-refractivity contribution in [3.05, 3.63) is 34.5 Å². The maximum atomic E-state index is 13.8. The number of hydrogen-bond donors (Lipinski definition) is 2. The van der Waals surface area contributed by atoms with E-state index in [1.54, 1.807) is 13.0 Å². The van der Waals surface area contributed by atoms with Crippen LogP contribution in [0, 0.1) is 12.7 Å². The Labute approximate surface area is 115 Å². The lowest BCUT2D eigenvalue weighted by atomic mass is 10.1. The SMILES string of the molecule is CNC(C)CNC(=O)c1sc2cccc(F)c2c1C. The van der Waals surface area contributed by atoms with Gasteiger partial charge in [0.25, 0.3) is 5.91 Å². The third-order valence-electron chi connectivity index (χ3n) is 3.17. The summed E-state index contributed by atoms with van der Waals surface area (Å²) < 4.78 is 14.6. The molecule has 0 saturated heterocycles. The van der Waals surface area contributed by atoms with E-state index in [1.807, 2.05) is 20.0 Å². The lowest BCUT2D eigenvalue weighted by molar-refractivity contribution is 0.0954. The van der Waals surface area contributed by atoms with Crippen molar-refractivity contribution in [2.45, 2.75) is 19.9 Å². The van der Waals surface area contributed by atoms with E-state index >= 15 is 0 Å². The Kier molecular flexibility index (Phi) is 4.17. The van der Waals surface area contributed by atoms with Crippen molar-refractivity contribution in [1.82, 2.24) is 10.6 Å². The monoisotopic (exact) mass is 280 g/mol. The number of hydrogen-bond acceptors (Lipinski definition) is 3. The minimum atomic E-state index is -0.270. The van der Waals surface area contributed by atoms with Gasteiger partial charge in [0, 0.05) is 22.7 Å². The van der Waals surface area contributed by atoms with Gasteiger partial charge >= 0.3 is 0 Å². The molecule has 1 aromatic heterocycles. The Hall–Kier alpha value is -1.46. The first-order chi connectivity index (χ1) is 9.04. The zero-order chi connectivity index (χ0) is 14.0. The molecule has 0 bridgehead atoms. The van der Waals surface area contributed by atoms with E-state index < -0.39 is 0 Å². The van der Waals surface area contributed by atoms with Crippen LogP contribution in [0.2, 0.25) is 0 Å². The summed E-state index contributed by atoms with van der Waals surface area (Å²) in [7, 11) is 1.84. The molecular weight excluding hydrogens is 263 g/mol. The summed E-state index contributed by atoms with van der Waals surface area (Å²) in [6, 6.07) is 5.13. The fourth-order valence-electron chi connectivity index (χ4n) is 1.90. The van der Waals surface area contributed by atoms with E-state index in [2.05, 4.69) is 10.6 Å². The number of benzene rings is 1. The number of rotatable bonds is 4. The van der Waals surface area contributed by atoms with Gasteiger partial charge in [0.05, 0.1) is 4.88 Å². The standard InChI is InChI=1S/C14H17FN2OS/c1-8(16-3)7-17-14(18)13-9(2)12-10(15)5-4-6-11(12)19-13/h4-6,8,16H,7H2,1-3H3,(H,17,18). The first kappa shape index (κ1) is 14.0. The molecule has 1 unspecified atom stereocenters. The highest BCUT2D eigenvalue weighted by molar-refractivity contribution is 7.21. The summed E-state index contributed by atoms with van der Waals surface area (Å²) >= 11 is 1.33. The smallest absolute Gasteiger partial charge is 0.261 e. The van der Waals surface area contributed by atoms with E-state index in [0.29, 0.717) is 22.4 Å². The van der Waals surface area contributed by atoms with Crippen molar-refractivity contribution in [1.29, 1.82) is 0 Å². The van der Waals surface area contributed by atoms with Crippen LogP contribution in [-0.2, 0) is 0 Å². The average molecular weight is 280 g/mol. The lowest BCUT2D eigenvalue weighted by Crippen LogP contribution is -2.37. The molecule has 1 atom stereocenters. The first-order valence-corrected chi connectivity index (χ1v) is 6.99. The topological polar surface area (TPSA) is 41.1 Å². The van der Waals surface area contributed by atoms with E-state index in [-0.39, 0.29) is 17.8 Å². The molecule has 0 aliphatic heterocycles. The van der Waals surface area contributed by atoms with E-state index in [0.717, 1.165) is 4.70 Å². The van der Waals surface area contributed by atoms with Crippen LogP contribution in [0.15, 0.2) is 18.2 Å². The molecule has 1 amide bonds. The molecule has 3 nitrogen and oxygen atoms in total. The number of likely N-dealkylation sites (N-methyl/N-ethyl adjacent to an activating group) is 1. The Balaban J connectivity index is 2.28. The van der Waals surface area contributed by atoms with Gasteiger partial charge in [0.2, 0.25) is 0 Å². The summed E-state index contributed by atoms with van der Waals surface area (Å²) in [6.07, 6.45) is 0. The molecule has 0 aliphatic carbocycles. The van der Waals surface area contributed by atoms with Gasteiger partial charge in [-0.1, -0.05) is 6.07 Å². The fraction of sp³-hybridized carbons (Fsp3) is 0.357. The van der Waals surface area contributed by atoms with Crippen molar-refractivity contribution in [2.24, 2.45) is 0 Å². The van der Waals surface area contributed by atoms with Gasteiger partial charge in [-0.05, 0) is 38.6 Å². The molecule has 2 aromatic rings. The largest absolute Gasteiger partial charge is 0.350 e.